The molecule has 8 nitrogen and oxygen atoms in total. The highest BCUT2D eigenvalue weighted by atomic mass is 32.2. The van der Waals surface area contributed by atoms with Gasteiger partial charge in [0.05, 0.1) is 17.0 Å². The van der Waals surface area contributed by atoms with Crippen LogP contribution in [0.15, 0.2) is 28.6 Å². The lowest BCUT2D eigenvalue weighted by atomic mass is 10.2. The molecular weight excluding hydrogens is 449 g/mol. The van der Waals surface area contributed by atoms with Crippen molar-refractivity contribution < 1.29 is 22.8 Å². The van der Waals surface area contributed by atoms with Gasteiger partial charge in [0.2, 0.25) is 11.0 Å². The van der Waals surface area contributed by atoms with Gasteiger partial charge in [0.25, 0.3) is 5.91 Å². The number of nitrogens with zero attached hydrogens (tertiary/aromatic N) is 4. The average Bonchev–Trinajstić information content (AvgIpc) is 3.28. The minimum Gasteiger partial charge on any atom is -0.325 e. The number of thioether (sulfide) groups is 1. The van der Waals surface area contributed by atoms with Crippen LogP contribution in [0.1, 0.15) is 20.9 Å². The van der Waals surface area contributed by atoms with Crippen LogP contribution in [0, 0.1) is 6.92 Å². The number of carbonyl (C=O) groups excluding carboxylic acids is 2. The summed E-state index contributed by atoms with van der Waals surface area (Å²) in [5.74, 6) is -0.995. The SMILES string of the molecule is Cc1nnsc1C(=O)Nc1nnc(SCC(=O)Nc2cccc(C(F)(F)F)c2)s1. The predicted octanol–water partition coefficient (Wildman–Crippen LogP) is 3.70. The Morgan fingerprint density at radius 1 is 1.17 bits per heavy atom. The number of benzene rings is 1. The molecule has 0 spiro atoms. The van der Waals surface area contributed by atoms with Gasteiger partial charge in [-0.05, 0) is 36.7 Å². The highest BCUT2D eigenvalue weighted by Crippen LogP contribution is 2.31. The third kappa shape index (κ3) is 5.71. The number of halogens is 3. The van der Waals surface area contributed by atoms with Gasteiger partial charge in [-0.1, -0.05) is 33.7 Å². The Bertz CT molecular complexity index is 1040. The number of carbonyl (C=O) groups is 2. The molecule has 0 atom stereocenters. The molecule has 2 N–H and O–H groups in total. The van der Waals surface area contributed by atoms with Crippen LogP contribution < -0.4 is 10.6 Å². The van der Waals surface area contributed by atoms with Crippen LogP contribution in [-0.4, -0.2) is 37.4 Å². The summed E-state index contributed by atoms with van der Waals surface area (Å²) in [6.45, 7) is 1.66. The lowest BCUT2D eigenvalue weighted by molar-refractivity contribution is -0.137. The predicted molar refractivity (Wildman–Crippen MR) is 103 cm³/mol. The van der Waals surface area contributed by atoms with Crippen molar-refractivity contribution in [1.29, 1.82) is 0 Å². The standard InChI is InChI=1S/C15H11F3N6O2S3/c1-7-11(29-24-21-7)12(26)20-13-22-23-14(28-13)27-6-10(25)19-9-4-2-3-8(5-9)15(16,17)18/h2-5H,6H2,1H3,(H,19,25)(H,20,22,26). The largest absolute Gasteiger partial charge is 0.416 e. The van der Waals surface area contributed by atoms with E-state index in [0.29, 0.717) is 14.9 Å². The van der Waals surface area contributed by atoms with Crippen LogP contribution >= 0.6 is 34.6 Å². The molecule has 152 valence electrons. The molecule has 0 aliphatic carbocycles. The summed E-state index contributed by atoms with van der Waals surface area (Å²) in [5.41, 5.74) is -0.305. The van der Waals surface area contributed by atoms with Gasteiger partial charge >= 0.3 is 6.18 Å². The summed E-state index contributed by atoms with van der Waals surface area (Å²) >= 11 is 3.06. The van der Waals surface area contributed by atoms with Gasteiger partial charge in [0, 0.05) is 5.69 Å². The van der Waals surface area contributed by atoms with E-state index < -0.39 is 23.6 Å². The molecule has 0 aliphatic rings. The second-order valence-corrected chi connectivity index (χ2v) is 8.38. The molecule has 14 heteroatoms. The zero-order valence-electron chi connectivity index (χ0n) is 14.5. The maximum atomic E-state index is 12.7. The second kappa shape index (κ2) is 8.84. The number of nitrogens with one attached hydrogen (secondary N) is 2. The number of alkyl halides is 3. The van der Waals surface area contributed by atoms with Crippen LogP contribution in [0.4, 0.5) is 24.0 Å². The lowest BCUT2D eigenvalue weighted by Gasteiger charge is -2.09. The molecule has 0 saturated carbocycles. The van der Waals surface area contributed by atoms with Crippen molar-refractivity contribution in [2.45, 2.75) is 17.4 Å². The first-order valence-corrected chi connectivity index (χ1v) is 10.3. The van der Waals surface area contributed by atoms with Crippen molar-refractivity contribution in [3.05, 3.63) is 40.4 Å². The van der Waals surface area contributed by atoms with E-state index in [0.717, 1.165) is 46.8 Å². The Hall–Kier alpha value is -2.58. The molecule has 0 saturated heterocycles. The van der Waals surface area contributed by atoms with Crippen LogP contribution in [0.3, 0.4) is 0 Å². The fourth-order valence-electron chi connectivity index (χ4n) is 2.01. The molecule has 0 fully saturated rings. The summed E-state index contributed by atoms with van der Waals surface area (Å²) in [5, 5.41) is 16.6. The molecule has 2 heterocycles. The summed E-state index contributed by atoms with van der Waals surface area (Å²) in [6, 6.07) is 4.36. The number of aryl methyl sites for hydroxylation is 1. The van der Waals surface area contributed by atoms with E-state index in [2.05, 4.69) is 30.4 Å². The highest BCUT2D eigenvalue weighted by Gasteiger charge is 2.30. The van der Waals surface area contributed by atoms with Gasteiger partial charge in [0.15, 0.2) is 4.34 Å². The quantitative estimate of drug-likeness (QED) is 0.426. The smallest absolute Gasteiger partial charge is 0.325 e. The van der Waals surface area contributed by atoms with Crippen molar-refractivity contribution >= 4 is 57.3 Å². The van der Waals surface area contributed by atoms with E-state index >= 15 is 0 Å². The number of aromatic nitrogens is 4. The lowest BCUT2D eigenvalue weighted by Crippen LogP contribution is -2.15. The van der Waals surface area contributed by atoms with Crippen LogP contribution in [0.2, 0.25) is 0 Å². The maximum absolute atomic E-state index is 12.7. The van der Waals surface area contributed by atoms with Gasteiger partial charge in [-0.15, -0.1) is 15.3 Å². The molecule has 0 aliphatic heterocycles. The number of anilines is 2. The van der Waals surface area contributed by atoms with Crippen molar-refractivity contribution in [3.8, 4) is 0 Å². The number of hydrogen-bond acceptors (Lipinski definition) is 9. The van der Waals surface area contributed by atoms with Crippen LogP contribution in [-0.2, 0) is 11.0 Å². The van der Waals surface area contributed by atoms with Gasteiger partial charge in [-0.3, -0.25) is 14.9 Å². The maximum Gasteiger partial charge on any atom is 0.416 e. The molecule has 2 aromatic heterocycles. The monoisotopic (exact) mass is 460 g/mol. The Morgan fingerprint density at radius 3 is 2.66 bits per heavy atom. The number of rotatable bonds is 6. The fraction of sp³-hybridized carbons (Fsp3) is 0.200. The molecule has 0 radical (unpaired) electrons. The molecular formula is C15H11F3N6O2S3. The van der Waals surface area contributed by atoms with Gasteiger partial charge in [-0.2, -0.15) is 13.2 Å². The third-order valence-electron chi connectivity index (χ3n) is 3.29. The molecule has 3 aromatic rings. The van der Waals surface area contributed by atoms with E-state index in [-0.39, 0.29) is 16.6 Å². The zero-order valence-corrected chi connectivity index (χ0v) is 16.9. The molecule has 0 unspecified atom stereocenters. The topological polar surface area (TPSA) is 110 Å². The Balaban J connectivity index is 1.52. The van der Waals surface area contributed by atoms with Crippen molar-refractivity contribution in [3.63, 3.8) is 0 Å². The molecule has 3 rings (SSSR count). The van der Waals surface area contributed by atoms with Crippen LogP contribution in [0.5, 0.6) is 0 Å². The minimum atomic E-state index is -4.49. The zero-order chi connectivity index (χ0) is 21.0. The van der Waals surface area contributed by atoms with Crippen molar-refractivity contribution in [2.24, 2.45) is 0 Å². The molecule has 0 bridgehead atoms. The fourth-order valence-corrected chi connectivity index (χ4v) is 4.11. The highest BCUT2D eigenvalue weighted by molar-refractivity contribution is 8.01. The van der Waals surface area contributed by atoms with Gasteiger partial charge in [-0.25, -0.2) is 0 Å². The van der Waals surface area contributed by atoms with E-state index in [4.69, 9.17) is 0 Å². The first kappa shape index (κ1) is 21.1. The minimum absolute atomic E-state index is 0.0455. The van der Waals surface area contributed by atoms with Crippen molar-refractivity contribution in [2.75, 3.05) is 16.4 Å². The van der Waals surface area contributed by atoms with Crippen LogP contribution in [0.25, 0.3) is 0 Å². The molecule has 2 amide bonds. The summed E-state index contributed by atoms with van der Waals surface area (Å²) in [4.78, 5) is 24.4. The number of amides is 2. The Morgan fingerprint density at radius 2 is 1.97 bits per heavy atom. The van der Waals surface area contributed by atoms with Gasteiger partial charge < -0.3 is 5.32 Å². The third-order valence-corrected chi connectivity index (χ3v) is 6.08. The summed E-state index contributed by atoms with van der Waals surface area (Å²) < 4.78 is 42.2. The van der Waals surface area contributed by atoms with E-state index in [1.165, 1.54) is 12.1 Å². The van der Waals surface area contributed by atoms with Gasteiger partial charge in [0.1, 0.15) is 4.88 Å². The molecule has 1 aromatic carbocycles. The first-order chi connectivity index (χ1) is 13.7. The summed E-state index contributed by atoms with van der Waals surface area (Å²) in [7, 11) is 0. The number of hydrogen-bond donors (Lipinski definition) is 2. The van der Waals surface area contributed by atoms with E-state index in [9.17, 15) is 22.8 Å². The first-order valence-electron chi connectivity index (χ1n) is 7.76. The Kier molecular flexibility index (Phi) is 6.44. The Labute approximate surface area is 174 Å². The average molecular weight is 460 g/mol. The van der Waals surface area contributed by atoms with E-state index in [1.54, 1.807) is 6.92 Å². The van der Waals surface area contributed by atoms with Crippen molar-refractivity contribution in [1.82, 2.24) is 19.8 Å². The second-order valence-electron chi connectivity index (χ2n) is 5.43. The normalized spacial score (nSPS) is 11.3. The van der Waals surface area contributed by atoms with E-state index in [1.807, 2.05) is 0 Å². The molecule has 29 heavy (non-hydrogen) atoms. The summed E-state index contributed by atoms with van der Waals surface area (Å²) in [6.07, 6.45) is -4.49.